The van der Waals surface area contributed by atoms with Crippen LogP contribution in [0.25, 0.3) is 0 Å². The molecule has 102 valence electrons. The number of thiazole rings is 1. The van der Waals surface area contributed by atoms with Gasteiger partial charge >= 0.3 is 0 Å². The highest BCUT2D eigenvalue weighted by atomic mass is 32.2. The van der Waals surface area contributed by atoms with E-state index in [1.54, 1.807) is 18.3 Å². The molecule has 0 aliphatic rings. The minimum Gasteiger partial charge on any atom is -0.392 e. The van der Waals surface area contributed by atoms with E-state index in [0.717, 1.165) is 5.01 Å². The van der Waals surface area contributed by atoms with Crippen molar-refractivity contribution in [1.82, 2.24) is 9.71 Å². The average molecular weight is 298 g/mol. The molecule has 0 bridgehead atoms. The maximum atomic E-state index is 12.0. The van der Waals surface area contributed by atoms with E-state index in [9.17, 15) is 8.42 Å². The smallest absolute Gasteiger partial charge is 0.240 e. The van der Waals surface area contributed by atoms with Gasteiger partial charge < -0.3 is 5.11 Å². The predicted molar refractivity (Wildman–Crippen MR) is 73.4 cm³/mol. The lowest BCUT2D eigenvalue weighted by Gasteiger charge is -2.06. The van der Waals surface area contributed by atoms with Crippen molar-refractivity contribution in [1.29, 1.82) is 0 Å². The van der Waals surface area contributed by atoms with Gasteiger partial charge in [-0.15, -0.1) is 11.3 Å². The molecule has 1 aromatic carbocycles. The number of benzene rings is 1. The van der Waals surface area contributed by atoms with E-state index < -0.39 is 10.0 Å². The SMILES string of the molecule is O=S(=O)(NCCc1nccs1)c1ccc(CO)cc1. The van der Waals surface area contributed by atoms with E-state index in [2.05, 4.69) is 9.71 Å². The topological polar surface area (TPSA) is 79.3 Å². The van der Waals surface area contributed by atoms with Gasteiger partial charge in [0.1, 0.15) is 0 Å². The Morgan fingerprint density at radius 1 is 1.26 bits per heavy atom. The predicted octanol–water partition coefficient (Wildman–Crippen LogP) is 1.16. The van der Waals surface area contributed by atoms with Crippen molar-refractivity contribution in [3.05, 3.63) is 46.4 Å². The summed E-state index contributed by atoms with van der Waals surface area (Å²) in [7, 11) is -3.49. The molecule has 0 amide bonds. The summed E-state index contributed by atoms with van der Waals surface area (Å²) in [6.45, 7) is 0.218. The van der Waals surface area contributed by atoms with E-state index in [1.165, 1.54) is 23.5 Å². The van der Waals surface area contributed by atoms with Crippen molar-refractivity contribution >= 4 is 21.4 Å². The fraction of sp³-hybridized carbons (Fsp3) is 0.250. The van der Waals surface area contributed by atoms with E-state index >= 15 is 0 Å². The van der Waals surface area contributed by atoms with Crippen molar-refractivity contribution in [3.63, 3.8) is 0 Å². The van der Waals surface area contributed by atoms with Crippen molar-refractivity contribution < 1.29 is 13.5 Å². The van der Waals surface area contributed by atoms with Crippen molar-refractivity contribution in [2.75, 3.05) is 6.54 Å². The Morgan fingerprint density at radius 3 is 2.58 bits per heavy atom. The number of hydrogen-bond donors (Lipinski definition) is 2. The van der Waals surface area contributed by atoms with Crippen LogP contribution in [-0.4, -0.2) is 25.1 Å². The summed E-state index contributed by atoms with van der Waals surface area (Å²) < 4.78 is 26.5. The molecule has 1 aromatic heterocycles. The van der Waals surface area contributed by atoms with Crippen LogP contribution in [0.15, 0.2) is 40.7 Å². The number of sulfonamides is 1. The Kier molecular flexibility index (Phi) is 4.65. The van der Waals surface area contributed by atoms with Gasteiger partial charge in [-0.2, -0.15) is 0 Å². The fourth-order valence-electron chi connectivity index (χ4n) is 1.53. The van der Waals surface area contributed by atoms with E-state index in [-0.39, 0.29) is 11.5 Å². The van der Waals surface area contributed by atoms with E-state index in [0.29, 0.717) is 18.5 Å². The van der Waals surface area contributed by atoms with Crippen LogP contribution in [0, 0.1) is 0 Å². The summed E-state index contributed by atoms with van der Waals surface area (Å²) in [6, 6.07) is 6.15. The lowest BCUT2D eigenvalue weighted by atomic mass is 10.2. The first-order chi connectivity index (χ1) is 9.12. The zero-order valence-corrected chi connectivity index (χ0v) is 11.7. The average Bonchev–Trinajstić information content (AvgIpc) is 2.92. The number of aliphatic hydroxyl groups excluding tert-OH is 1. The molecule has 0 unspecified atom stereocenters. The number of hydrogen-bond acceptors (Lipinski definition) is 5. The summed E-state index contributed by atoms with van der Waals surface area (Å²) in [5.74, 6) is 0. The van der Waals surface area contributed by atoms with Crippen LogP contribution in [0.2, 0.25) is 0 Å². The summed E-state index contributed by atoms with van der Waals surface area (Å²) in [5, 5.41) is 11.7. The van der Waals surface area contributed by atoms with Gasteiger partial charge in [-0.25, -0.2) is 18.1 Å². The number of aromatic nitrogens is 1. The van der Waals surface area contributed by atoms with Gasteiger partial charge in [-0.1, -0.05) is 12.1 Å². The molecule has 0 saturated heterocycles. The zero-order chi connectivity index (χ0) is 13.7. The standard InChI is InChI=1S/C12H14N2O3S2/c15-9-10-1-3-11(4-2-10)19(16,17)14-6-5-12-13-7-8-18-12/h1-4,7-8,14-15H,5-6,9H2. The molecule has 0 atom stereocenters. The number of nitrogens with one attached hydrogen (secondary N) is 1. The first kappa shape index (κ1) is 14.1. The largest absolute Gasteiger partial charge is 0.392 e. The molecule has 7 heteroatoms. The van der Waals surface area contributed by atoms with Crippen molar-refractivity contribution in [2.24, 2.45) is 0 Å². The lowest BCUT2D eigenvalue weighted by Crippen LogP contribution is -2.25. The molecule has 2 rings (SSSR count). The molecule has 0 saturated carbocycles. The summed E-state index contributed by atoms with van der Waals surface area (Å²) >= 11 is 1.50. The molecule has 0 aliphatic carbocycles. The highest BCUT2D eigenvalue weighted by molar-refractivity contribution is 7.89. The third-order valence-electron chi connectivity index (χ3n) is 2.53. The second-order valence-corrected chi connectivity index (χ2v) is 6.62. The molecule has 0 radical (unpaired) electrons. The fourth-order valence-corrected chi connectivity index (χ4v) is 3.18. The summed E-state index contributed by atoms with van der Waals surface area (Å²) in [5.41, 5.74) is 0.682. The van der Waals surface area contributed by atoms with Crippen LogP contribution in [0.1, 0.15) is 10.6 Å². The first-order valence-electron chi connectivity index (χ1n) is 5.69. The van der Waals surface area contributed by atoms with Crippen LogP contribution in [0.4, 0.5) is 0 Å². The normalized spacial score (nSPS) is 11.6. The molecule has 2 N–H and O–H groups in total. The van der Waals surface area contributed by atoms with Crippen molar-refractivity contribution in [3.8, 4) is 0 Å². The van der Waals surface area contributed by atoms with Gasteiger partial charge in [0, 0.05) is 24.5 Å². The Bertz CT molecular complexity index is 607. The van der Waals surface area contributed by atoms with Crippen LogP contribution in [0.3, 0.4) is 0 Å². The van der Waals surface area contributed by atoms with E-state index in [1.807, 2.05) is 5.38 Å². The van der Waals surface area contributed by atoms with Gasteiger partial charge in [0.2, 0.25) is 10.0 Å². The third kappa shape index (κ3) is 3.84. The lowest BCUT2D eigenvalue weighted by molar-refractivity contribution is 0.282. The maximum Gasteiger partial charge on any atom is 0.240 e. The second-order valence-electron chi connectivity index (χ2n) is 3.88. The monoisotopic (exact) mass is 298 g/mol. The number of nitrogens with zero attached hydrogens (tertiary/aromatic N) is 1. The molecule has 0 fully saturated rings. The molecular weight excluding hydrogens is 284 g/mol. The van der Waals surface area contributed by atoms with Crippen LogP contribution in [0.5, 0.6) is 0 Å². The number of aliphatic hydroxyl groups is 1. The van der Waals surface area contributed by atoms with E-state index in [4.69, 9.17) is 5.11 Å². The quantitative estimate of drug-likeness (QED) is 0.838. The molecule has 2 aromatic rings. The van der Waals surface area contributed by atoms with Gasteiger partial charge in [0.15, 0.2) is 0 Å². The minimum atomic E-state index is -3.49. The Morgan fingerprint density at radius 2 is 2.00 bits per heavy atom. The molecule has 0 aliphatic heterocycles. The van der Waals surface area contributed by atoms with Crippen LogP contribution < -0.4 is 4.72 Å². The first-order valence-corrected chi connectivity index (χ1v) is 8.06. The molecular formula is C12H14N2O3S2. The summed E-state index contributed by atoms with van der Waals surface area (Å²) in [4.78, 5) is 4.29. The van der Waals surface area contributed by atoms with Gasteiger partial charge in [-0.3, -0.25) is 0 Å². The van der Waals surface area contributed by atoms with Gasteiger partial charge in [-0.05, 0) is 17.7 Å². The van der Waals surface area contributed by atoms with Gasteiger partial charge in [0.25, 0.3) is 0 Å². The highest BCUT2D eigenvalue weighted by Gasteiger charge is 2.13. The molecule has 19 heavy (non-hydrogen) atoms. The number of rotatable bonds is 6. The minimum absolute atomic E-state index is 0.0994. The third-order valence-corrected chi connectivity index (χ3v) is 4.85. The summed E-state index contributed by atoms with van der Waals surface area (Å²) in [6.07, 6.45) is 2.27. The highest BCUT2D eigenvalue weighted by Crippen LogP contribution is 2.11. The molecule has 5 nitrogen and oxygen atoms in total. The Balaban J connectivity index is 1.97. The Labute approximate surface area is 116 Å². The molecule has 0 spiro atoms. The van der Waals surface area contributed by atoms with Crippen LogP contribution >= 0.6 is 11.3 Å². The Hall–Kier alpha value is -1.28. The maximum absolute atomic E-state index is 12.0. The van der Waals surface area contributed by atoms with Crippen molar-refractivity contribution in [2.45, 2.75) is 17.9 Å². The van der Waals surface area contributed by atoms with Gasteiger partial charge in [0.05, 0.1) is 16.5 Å². The van der Waals surface area contributed by atoms with Crippen LogP contribution in [-0.2, 0) is 23.1 Å². The molecule has 1 heterocycles. The second kappa shape index (κ2) is 6.25. The zero-order valence-electron chi connectivity index (χ0n) is 10.1.